The Labute approximate surface area is 189 Å². The summed E-state index contributed by atoms with van der Waals surface area (Å²) in [6, 6.07) is 4.29. The molecule has 2 saturated carbocycles. The molecule has 4 atom stereocenters. The molecule has 3 aliphatic carbocycles. The summed E-state index contributed by atoms with van der Waals surface area (Å²) in [6.45, 7) is 1.54. The zero-order valence-corrected chi connectivity index (χ0v) is 18.8. The Hall–Kier alpha value is -1.92. The van der Waals surface area contributed by atoms with Crippen LogP contribution in [0.3, 0.4) is 0 Å². The number of nitrogens with zero attached hydrogens (tertiary/aromatic N) is 2. The number of hydrogen-bond donors (Lipinski definition) is 2. The van der Waals surface area contributed by atoms with Gasteiger partial charge in [-0.15, -0.1) is 0 Å². The Kier molecular flexibility index (Phi) is 5.26. The van der Waals surface area contributed by atoms with Gasteiger partial charge in [-0.25, -0.2) is 0 Å². The summed E-state index contributed by atoms with van der Waals surface area (Å²) in [6.07, 6.45) is 12.3. The lowest BCUT2D eigenvalue weighted by Crippen LogP contribution is -2.47. The van der Waals surface area contributed by atoms with Crippen LogP contribution >= 0.6 is 0 Å². The van der Waals surface area contributed by atoms with Crippen LogP contribution in [0.1, 0.15) is 75.1 Å². The normalized spacial score (nSPS) is 32.2. The maximum absolute atomic E-state index is 13.6. The van der Waals surface area contributed by atoms with Gasteiger partial charge in [-0.2, -0.15) is 0 Å². The van der Waals surface area contributed by atoms with Crippen LogP contribution in [0.15, 0.2) is 23.0 Å². The third-order valence-electron chi connectivity index (χ3n) is 8.73. The number of allylic oxidation sites excluding steroid dienone is 2. The predicted octanol–water partition coefficient (Wildman–Crippen LogP) is 2.85. The van der Waals surface area contributed by atoms with Crippen LogP contribution in [0, 0.1) is 17.8 Å². The molecule has 32 heavy (non-hydrogen) atoms. The summed E-state index contributed by atoms with van der Waals surface area (Å²) >= 11 is 0. The van der Waals surface area contributed by atoms with Crippen LogP contribution < -0.4 is 10.9 Å². The fourth-order valence-corrected chi connectivity index (χ4v) is 6.90. The average Bonchev–Trinajstić information content (AvgIpc) is 3.15. The summed E-state index contributed by atoms with van der Waals surface area (Å²) in [4.78, 5) is 29.6. The van der Waals surface area contributed by atoms with Crippen LogP contribution in [0.2, 0.25) is 0 Å². The molecule has 3 fully saturated rings. The van der Waals surface area contributed by atoms with E-state index in [9.17, 15) is 14.7 Å². The lowest BCUT2D eigenvalue weighted by molar-refractivity contribution is -0.128. The Morgan fingerprint density at radius 2 is 1.94 bits per heavy atom. The molecule has 0 radical (unpaired) electrons. The van der Waals surface area contributed by atoms with Crippen molar-refractivity contribution in [1.82, 2.24) is 14.8 Å². The second-order valence-electron chi connectivity index (χ2n) is 10.7. The molecular formula is C26H35N3O3. The van der Waals surface area contributed by atoms with E-state index in [-0.39, 0.29) is 48.0 Å². The third kappa shape index (κ3) is 3.38. The maximum Gasteiger partial charge on any atom is 0.258 e. The van der Waals surface area contributed by atoms with Crippen molar-refractivity contribution in [3.05, 3.63) is 39.8 Å². The first kappa shape index (κ1) is 20.7. The quantitative estimate of drug-likeness (QED) is 0.718. The van der Waals surface area contributed by atoms with E-state index in [1.807, 2.05) is 10.6 Å². The Balaban J connectivity index is 1.39. The molecule has 0 unspecified atom stereocenters. The molecule has 1 aromatic heterocycles. The number of aliphatic hydroxyl groups is 1. The van der Waals surface area contributed by atoms with Gasteiger partial charge in [0, 0.05) is 49.0 Å². The van der Waals surface area contributed by atoms with Crippen LogP contribution in [0.4, 0.5) is 0 Å². The van der Waals surface area contributed by atoms with Gasteiger partial charge in [-0.3, -0.25) is 14.5 Å². The van der Waals surface area contributed by atoms with Gasteiger partial charge in [-0.05, 0) is 68.6 Å². The van der Waals surface area contributed by atoms with Crippen molar-refractivity contribution in [2.45, 2.75) is 82.5 Å². The number of nitrogens with one attached hydrogen (secondary N) is 1. The summed E-state index contributed by atoms with van der Waals surface area (Å²) in [5.74, 6) is 0.340. The van der Waals surface area contributed by atoms with E-state index in [0.29, 0.717) is 12.5 Å². The van der Waals surface area contributed by atoms with E-state index in [2.05, 4.69) is 22.4 Å². The summed E-state index contributed by atoms with van der Waals surface area (Å²) in [7, 11) is 0. The molecule has 2 aliphatic heterocycles. The van der Waals surface area contributed by atoms with Crippen LogP contribution in [0.25, 0.3) is 5.57 Å². The highest BCUT2D eigenvalue weighted by molar-refractivity contribution is 5.81. The highest BCUT2D eigenvalue weighted by Gasteiger charge is 2.56. The summed E-state index contributed by atoms with van der Waals surface area (Å²) in [5, 5.41) is 13.7. The molecule has 1 saturated heterocycles. The van der Waals surface area contributed by atoms with Crippen molar-refractivity contribution in [1.29, 1.82) is 0 Å². The first-order valence-corrected chi connectivity index (χ1v) is 12.8. The van der Waals surface area contributed by atoms with Crippen molar-refractivity contribution >= 4 is 11.5 Å². The van der Waals surface area contributed by atoms with E-state index >= 15 is 0 Å². The second-order valence-corrected chi connectivity index (χ2v) is 10.7. The number of carbonyl (C=O) groups excluding carboxylic acids is 1. The zero-order valence-electron chi connectivity index (χ0n) is 18.8. The van der Waals surface area contributed by atoms with Gasteiger partial charge in [0.25, 0.3) is 5.56 Å². The van der Waals surface area contributed by atoms with Gasteiger partial charge >= 0.3 is 0 Å². The largest absolute Gasteiger partial charge is 0.396 e. The van der Waals surface area contributed by atoms with E-state index in [0.717, 1.165) is 49.9 Å². The number of fused-ring (bicyclic) bond motifs is 4. The SMILES string of the molecule is O=C(NC1CCCC1)[C@@H]1[C@@H](CO)[C@@H]2Cn3c(ccc(C4=CCCC4)c3=O)[C@H]1N2CC1CC1. The van der Waals surface area contributed by atoms with E-state index in [1.54, 1.807) is 0 Å². The molecule has 0 spiro atoms. The van der Waals surface area contributed by atoms with Crippen molar-refractivity contribution in [3.8, 4) is 0 Å². The van der Waals surface area contributed by atoms with Crippen LogP contribution in [-0.2, 0) is 11.3 Å². The second kappa shape index (κ2) is 8.14. The van der Waals surface area contributed by atoms with Gasteiger partial charge in [0.15, 0.2) is 0 Å². The number of rotatable bonds is 6. The van der Waals surface area contributed by atoms with Crippen molar-refractivity contribution < 1.29 is 9.90 Å². The van der Waals surface area contributed by atoms with Crippen molar-refractivity contribution in [2.75, 3.05) is 13.2 Å². The number of amides is 1. The molecule has 1 aromatic rings. The number of aromatic nitrogens is 1. The zero-order chi connectivity index (χ0) is 21.8. The molecular weight excluding hydrogens is 402 g/mol. The lowest BCUT2D eigenvalue weighted by Gasteiger charge is -2.38. The monoisotopic (exact) mass is 437 g/mol. The molecule has 6 heteroatoms. The molecule has 6 nitrogen and oxygen atoms in total. The molecule has 5 aliphatic rings. The van der Waals surface area contributed by atoms with Gasteiger partial charge < -0.3 is 15.0 Å². The Morgan fingerprint density at radius 3 is 2.62 bits per heavy atom. The van der Waals surface area contributed by atoms with Crippen molar-refractivity contribution in [3.63, 3.8) is 0 Å². The molecule has 2 bridgehead atoms. The number of aliphatic hydroxyl groups excluding tert-OH is 1. The van der Waals surface area contributed by atoms with E-state index in [4.69, 9.17) is 0 Å². The van der Waals surface area contributed by atoms with Crippen molar-refractivity contribution in [2.24, 2.45) is 17.8 Å². The maximum atomic E-state index is 13.6. The average molecular weight is 438 g/mol. The molecule has 172 valence electrons. The van der Waals surface area contributed by atoms with Gasteiger partial charge in [-0.1, -0.05) is 18.9 Å². The summed E-state index contributed by atoms with van der Waals surface area (Å²) in [5.41, 5.74) is 3.06. The topological polar surface area (TPSA) is 74.6 Å². The molecule has 0 aromatic carbocycles. The number of pyridine rings is 1. The van der Waals surface area contributed by atoms with E-state index in [1.165, 1.54) is 31.3 Å². The van der Waals surface area contributed by atoms with Crippen LogP contribution in [-0.4, -0.2) is 45.7 Å². The highest BCUT2D eigenvalue weighted by atomic mass is 16.3. The highest BCUT2D eigenvalue weighted by Crippen LogP contribution is 2.50. The molecule has 1 amide bonds. The van der Waals surface area contributed by atoms with Crippen LogP contribution in [0.5, 0.6) is 0 Å². The first-order valence-electron chi connectivity index (χ1n) is 12.8. The predicted molar refractivity (Wildman–Crippen MR) is 123 cm³/mol. The fourth-order valence-electron chi connectivity index (χ4n) is 6.90. The third-order valence-corrected chi connectivity index (χ3v) is 8.73. The smallest absolute Gasteiger partial charge is 0.258 e. The summed E-state index contributed by atoms with van der Waals surface area (Å²) < 4.78 is 1.94. The standard InChI is InChI=1S/C26H35N3O3/c30-15-20-22-14-29-21(12-11-19(26(29)32)17-5-1-2-6-17)24(28(22)13-16-9-10-16)23(20)25(31)27-18-7-3-4-8-18/h5,11-12,16,18,20,22-24,30H,1-4,6-10,13-15H2,(H,27,31)/t20-,22-,23+,24+/m0/s1. The van der Waals surface area contributed by atoms with E-state index < -0.39 is 0 Å². The molecule has 6 rings (SSSR count). The number of carbonyl (C=O) groups is 1. The Bertz CT molecular complexity index is 989. The van der Waals surface area contributed by atoms with Gasteiger partial charge in [0.2, 0.25) is 5.91 Å². The lowest BCUT2D eigenvalue weighted by atomic mass is 9.86. The van der Waals surface area contributed by atoms with Gasteiger partial charge in [0.05, 0.1) is 12.0 Å². The first-order chi connectivity index (χ1) is 15.7. The fraction of sp³-hybridized carbons (Fsp3) is 0.692. The molecule has 3 heterocycles. The van der Waals surface area contributed by atoms with Gasteiger partial charge in [0.1, 0.15) is 0 Å². The molecule has 2 N–H and O–H groups in total. The minimum Gasteiger partial charge on any atom is -0.396 e. The number of hydrogen-bond acceptors (Lipinski definition) is 4. The Morgan fingerprint density at radius 1 is 1.12 bits per heavy atom. The minimum atomic E-state index is -0.297. The minimum absolute atomic E-state index is 0.00810.